The van der Waals surface area contributed by atoms with Crippen molar-refractivity contribution in [2.24, 2.45) is 0 Å². The quantitative estimate of drug-likeness (QED) is 0.768. The van der Waals surface area contributed by atoms with E-state index in [2.05, 4.69) is 0 Å². The van der Waals surface area contributed by atoms with Crippen molar-refractivity contribution in [1.82, 2.24) is 4.90 Å². The van der Waals surface area contributed by atoms with Crippen LogP contribution in [0.1, 0.15) is 29.6 Å². The predicted molar refractivity (Wildman–Crippen MR) is 67.1 cm³/mol. The zero-order valence-electron chi connectivity index (χ0n) is 10.8. The highest BCUT2D eigenvalue weighted by molar-refractivity contribution is 5.96. The fourth-order valence-corrected chi connectivity index (χ4v) is 2.31. The molecule has 0 unspecified atom stereocenters. The van der Waals surface area contributed by atoms with E-state index in [0.717, 1.165) is 12.8 Å². The van der Waals surface area contributed by atoms with Gasteiger partial charge in [-0.25, -0.2) is 9.18 Å². The summed E-state index contributed by atoms with van der Waals surface area (Å²) in [5.41, 5.74) is 0.386. The van der Waals surface area contributed by atoms with Crippen molar-refractivity contribution < 1.29 is 18.7 Å². The molecule has 1 aliphatic heterocycles. The van der Waals surface area contributed by atoms with Crippen molar-refractivity contribution in [2.75, 3.05) is 13.7 Å². The van der Waals surface area contributed by atoms with Crippen LogP contribution < -0.4 is 0 Å². The summed E-state index contributed by atoms with van der Waals surface area (Å²) < 4.78 is 17.6. The van der Waals surface area contributed by atoms with Gasteiger partial charge in [0.15, 0.2) is 0 Å². The summed E-state index contributed by atoms with van der Waals surface area (Å²) in [6.07, 6.45) is 2.37. The molecule has 1 atom stereocenters. The van der Waals surface area contributed by atoms with Gasteiger partial charge in [-0.05, 0) is 43.5 Å². The van der Waals surface area contributed by atoms with E-state index < -0.39 is 12.0 Å². The number of carbonyl (C=O) groups is 2. The van der Waals surface area contributed by atoms with Crippen molar-refractivity contribution in [3.63, 3.8) is 0 Å². The van der Waals surface area contributed by atoms with E-state index in [1.54, 1.807) is 0 Å². The zero-order valence-corrected chi connectivity index (χ0v) is 10.8. The molecule has 0 aliphatic carbocycles. The van der Waals surface area contributed by atoms with Gasteiger partial charge in [0.2, 0.25) is 0 Å². The van der Waals surface area contributed by atoms with E-state index in [-0.39, 0.29) is 11.7 Å². The Bertz CT molecular complexity index is 472. The maximum atomic E-state index is 12.9. The van der Waals surface area contributed by atoms with Crippen molar-refractivity contribution in [3.8, 4) is 0 Å². The molecule has 1 aromatic carbocycles. The second-order valence-electron chi connectivity index (χ2n) is 4.54. The lowest BCUT2D eigenvalue weighted by atomic mass is 10.0. The summed E-state index contributed by atoms with van der Waals surface area (Å²) in [7, 11) is 1.32. The largest absolute Gasteiger partial charge is 0.467 e. The fourth-order valence-electron chi connectivity index (χ4n) is 2.31. The van der Waals surface area contributed by atoms with E-state index in [9.17, 15) is 14.0 Å². The minimum Gasteiger partial charge on any atom is -0.467 e. The second kappa shape index (κ2) is 5.82. The highest BCUT2D eigenvalue weighted by Crippen LogP contribution is 2.20. The number of piperidine rings is 1. The first-order valence-electron chi connectivity index (χ1n) is 6.28. The molecule has 19 heavy (non-hydrogen) atoms. The minimum absolute atomic E-state index is 0.255. The molecular weight excluding hydrogens is 249 g/mol. The first-order valence-corrected chi connectivity index (χ1v) is 6.28. The average Bonchev–Trinajstić information content (AvgIpc) is 2.46. The molecule has 1 heterocycles. The first-order chi connectivity index (χ1) is 9.13. The van der Waals surface area contributed by atoms with Crippen LogP contribution in [0, 0.1) is 5.82 Å². The van der Waals surface area contributed by atoms with Crippen LogP contribution in [0.4, 0.5) is 4.39 Å². The summed E-state index contributed by atoms with van der Waals surface area (Å²) >= 11 is 0. The number of benzene rings is 1. The summed E-state index contributed by atoms with van der Waals surface area (Å²) in [4.78, 5) is 25.5. The molecule has 0 bridgehead atoms. The Morgan fingerprint density at radius 1 is 1.26 bits per heavy atom. The SMILES string of the molecule is COC(=O)[C@H]1CCCCN1C(=O)c1ccc(F)cc1. The standard InChI is InChI=1S/C14H16FNO3/c1-19-14(18)12-4-2-3-9-16(12)13(17)10-5-7-11(15)8-6-10/h5-8,12H,2-4,9H2,1H3/t12-/m1/s1. The van der Waals surface area contributed by atoms with Crippen LogP contribution in [0.3, 0.4) is 0 Å². The maximum absolute atomic E-state index is 12.9. The Labute approximate surface area is 111 Å². The summed E-state index contributed by atoms with van der Waals surface area (Å²) in [6, 6.07) is 4.81. The number of rotatable bonds is 2. The minimum atomic E-state index is -0.531. The van der Waals surface area contributed by atoms with E-state index >= 15 is 0 Å². The van der Waals surface area contributed by atoms with Crippen LogP contribution in [-0.2, 0) is 9.53 Å². The van der Waals surface area contributed by atoms with Crippen molar-refractivity contribution in [1.29, 1.82) is 0 Å². The normalized spacial score (nSPS) is 19.1. The molecule has 0 saturated carbocycles. The number of likely N-dealkylation sites (tertiary alicyclic amines) is 1. The van der Waals surface area contributed by atoms with E-state index in [1.807, 2.05) is 0 Å². The maximum Gasteiger partial charge on any atom is 0.328 e. The summed E-state index contributed by atoms with van der Waals surface area (Å²) in [5.74, 6) is -1.04. The van der Waals surface area contributed by atoms with Crippen LogP contribution >= 0.6 is 0 Å². The third-order valence-electron chi connectivity index (χ3n) is 3.33. The van der Waals surface area contributed by atoms with Crippen LogP contribution in [0.5, 0.6) is 0 Å². The van der Waals surface area contributed by atoms with Gasteiger partial charge in [-0.2, -0.15) is 0 Å². The van der Waals surface area contributed by atoms with Crippen LogP contribution in [-0.4, -0.2) is 36.5 Å². The van der Waals surface area contributed by atoms with Gasteiger partial charge in [0.1, 0.15) is 11.9 Å². The Morgan fingerprint density at radius 2 is 1.95 bits per heavy atom. The van der Waals surface area contributed by atoms with Gasteiger partial charge in [0.05, 0.1) is 7.11 Å². The number of esters is 1. The summed E-state index contributed by atoms with van der Waals surface area (Å²) in [5, 5.41) is 0. The topological polar surface area (TPSA) is 46.6 Å². The molecule has 0 radical (unpaired) electrons. The van der Waals surface area contributed by atoms with Crippen molar-refractivity contribution in [3.05, 3.63) is 35.6 Å². The number of hydrogen-bond donors (Lipinski definition) is 0. The number of hydrogen-bond acceptors (Lipinski definition) is 3. The molecule has 0 aromatic heterocycles. The van der Waals surface area contributed by atoms with Gasteiger partial charge in [0.25, 0.3) is 5.91 Å². The summed E-state index contributed by atoms with van der Waals surface area (Å²) in [6.45, 7) is 0.524. The van der Waals surface area contributed by atoms with Crippen LogP contribution in [0.2, 0.25) is 0 Å². The van der Waals surface area contributed by atoms with Crippen LogP contribution in [0.25, 0.3) is 0 Å². The van der Waals surface area contributed by atoms with E-state index in [0.29, 0.717) is 18.5 Å². The Balaban J connectivity index is 2.20. The zero-order chi connectivity index (χ0) is 13.8. The Hall–Kier alpha value is -1.91. The first kappa shape index (κ1) is 13.5. The van der Waals surface area contributed by atoms with Crippen LogP contribution in [0.15, 0.2) is 24.3 Å². The van der Waals surface area contributed by atoms with Crippen molar-refractivity contribution >= 4 is 11.9 Å². The second-order valence-corrected chi connectivity index (χ2v) is 4.54. The Morgan fingerprint density at radius 3 is 2.58 bits per heavy atom. The van der Waals surface area contributed by atoms with Gasteiger partial charge in [-0.15, -0.1) is 0 Å². The van der Waals surface area contributed by atoms with Gasteiger partial charge >= 0.3 is 5.97 Å². The van der Waals surface area contributed by atoms with E-state index in [4.69, 9.17) is 4.74 Å². The smallest absolute Gasteiger partial charge is 0.328 e. The number of halogens is 1. The number of nitrogens with zero attached hydrogens (tertiary/aromatic N) is 1. The number of carbonyl (C=O) groups excluding carboxylic acids is 2. The lowest BCUT2D eigenvalue weighted by Crippen LogP contribution is -2.48. The lowest BCUT2D eigenvalue weighted by molar-refractivity contribution is -0.147. The molecular formula is C14H16FNO3. The van der Waals surface area contributed by atoms with Gasteiger partial charge in [-0.1, -0.05) is 0 Å². The molecule has 1 fully saturated rings. The molecule has 102 valence electrons. The number of amides is 1. The Kier molecular flexibility index (Phi) is 4.14. The predicted octanol–water partition coefficient (Wildman–Crippen LogP) is 1.99. The molecule has 1 amide bonds. The molecule has 5 heteroatoms. The monoisotopic (exact) mass is 265 g/mol. The third kappa shape index (κ3) is 2.92. The molecule has 1 aliphatic rings. The van der Waals surface area contributed by atoms with Crippen molar-refractivity contribution in [2.45, 2.75) is 25.3 Å². The number of methoxy groups -OCH3 is 1. The molecule has 1 saturated heterocycles. The van der Waals surface area contributed by atoms with E-state index in [1.165, 1.54) is 36.3 Å². The van der Waals surface area contributed by atoms with Gasteiger partial charge in [-0.3, -0.25) is 4.79 Å². The lowest BCUT2D eigenvalue weighted by Gasteiger charge is -2.33. The molecule has 0 spiro atoms. The fraction of sp³-hybridized carbons (Fsp3) is 0.429. The molecule has 0 N–H and O–H groups in total. The van der Waals surface area contributed by atoms with Gasteiger partial charge in [0, 0.05) is 12.1 Å². The highest BCUT2D eigenvalue weighted by atomic mass is 19.1. The number of ether oxygens (including phenoxy) is 1. The average molecular weight is 265 g/mol. The molecule has 4 nitrogen and oxygen atoms in total. The highest BCUT2D eigenvalue weighted by Gasteiger charge is 2.33. The third-order valence-corrected chi connectivity index (χ3v) is 3.33. The molecule has 2 rings (SSSR count). The van der Waals surface area contributed by atoms with Gasteiger partial charge < -0.3 is 9.64 Å². The molecule has 1 aromatic rings.